The zero-order valence-electron chi connectivity index (χ0n) is 19.0. The molecule has 0 radical (unpaired) electrons. The molecule has 8 rings (SSSR count). The van der Waals surface area contributed by atoms with E-state index in [1.165, 1.54) is 71.6 Å². The van der Waals surface area contributed by atoms with Gasteiger partial charge in [-0.1, -0.05) is 115 Å². The number of fused-ring (bicyclic) bond motifs is 14. The van der Waals surface area contributed by atoms with Crippen molar-refractivity contribution < 1.29 is 0 Å². The summed E-state index contributed by atoms with van der Waals surface area (Å²) in [6, 6.07) is 43.1. The topological polar surface area (TPSA) is 0 Å². The maximum Gasteiger partial charge on any atom is 0.0726 e. The summed E-state index contributed by atoms with van der Waals surface area (Å²) in [7, 11) is 0. The van der Waals surface area contributed by atoms with E-state index in [-0.39, 0.29) is 5.41 Å². The molecular weight excluding hydrogens is 408 g/mol. The molecule has 0 saturated heterocycles. The van der Waals surface area contributed by atoms with E-state index >= 15 is 0 Å². The third-order valence-corrected chi connectivity index (χ3v) is 8.19. The monoisotopic (exact) mass is 430 g/mol. The van der Waals surface area contributed by atoms with Gasteiger partial charge in [0.2, 0.25) is 0 Å². The Morgan fingerprint density at radius 1 is 0.441 bits per heavy atom. The van der Waals surface area contributed by atoms with E-state index in [1.807, 2.05) is 0 Å². The fourth-order valence-corrected chi connectivity index (χ4v) is 6.94. The Hall–Kier alpha value is -4.16. The van der Waals surface area contributed by atoms with Crippen LogP contribution >= 0.6 is 0 Å². The van der Waals surface area contributed by atoms with Gasteiger partial charge in [0.05, 0.1) is 5.41 Å². The molecule has 0 aliphatic heterocycles. The molecule has 0 aromatic heterocycles. The molecule has 0 amide bonds. The molecule has 0 unspecified atom stereocenters. The summed E-state index contributed by atoms with van der Waals surface area (Å²) < 4.78 is 0. The zero-order valence-corrected chi connectivity index (χ0v) is 19.0. The molecule has 0 nitrogen and oxygen atoms in total. The lowest BCUT2D eigenvalue weighted by atomic mass is 9.70. The molecule has 1 spiro atoms. The predicted octanol–water partition coefficient (Wildman–Crippen LogP) is 8.64. The first-order valence-electron chi connectivity index (χ1n) is 12.0. The van der Waals surface area contributed by atoms with Gasteiger partial charge in [-0.15, -0.1) is 0 Å². The van der Waals surface area contributed by atoms with E-state index in [2.05, 4.69) is 122 Å². The van der Waals surface area contributed by atoms with Gasteiger partial charge in [-0.2, -0.15) is 0 Å². The predicted molar refractivity (Wildman–Crippen MR) is 142 cm³/mol. The van der Waals surface area contributed by atoms with E-state index in [0.29, 0.717) is 0 Å². The number of rotatable bonds is 0. The molecule has 0 heterocycles. The highest BCUT2D eigenvalue weighted by molar-refractivity contribution is 6.14. The first-order valence-corrected chi connectivity index (χ1v) is 12.0. The van der Waals surface area contributed by atoms with Gasteiger partial charge in [0.25, 0.3) is 0 Å². The Labute approximate surface area is 199 Å². The maximum absolute atomic E-state index is 2.48. The van der Waals surface area contributed by atoms with Crippen LogP contribution in [-0.2, 0) is 5.41 Å². The summed E-state index contributed by atoms with van der Waals surface area (Å²) >= 11 is 0. The first kappa shape index (κ1) is 18.3. The lowest BCUT2D eigenvalue weighted by Crippen LogP contribution is -2.26. The largest absolute Gasteiger partial charge is 0.0726 e. The van der Waals surface area contributed by atoms with Crippen LogP contribution in [0.1, 0.15) is 27.8 Å². The Morgan fingerprint density at radius 2 is 1.00 bits per heavy atom. The molecule has 2 aliphatic carbocycles. The summed E-state index contributed by atoms with van der Waals surface area (Å²) in [5.41, 5.74) is 12.2. The molecule has 2 aliphatic rings. The van der Waals surface area contributed by atoms with E-state index in [4.69, 9.17) is 0 Å². The van der Waals surface area contributed by atoms with Gasteiger partial charge in [0, 0.05) is 0 Å². The van der Waals surface area contributed by atoms with Crippen molar-refractivity contribution in [3.05, 3.63) is 143 Å². The van der Waals surface area contributed by atoms with Crippen molar-refractivity contribution >= 4 is 21.5 Å². The molecule has 0 saturated carbocycles. The minimum absolute atomic E-state index is 0.295. The van der Waals surface area contributed by atoms with Gasteiger partial charge in [-0.25, -0.2) is 0 Å². The zero-order chi connectivity index (χ0) is 22.4. The first-order chi connectivity index (χ1) is 16.8. The van der Waals surface area contributed by atoms with Crippen LogP contribution in [0.2, 0.25) is 0 Å². The fourth-order valence-electron chi connectivity index (χ4n) is 6.94. The second-order valence-corrected chi connectivity index (χ2v) is 9.71. The quantitative estimate of drug-likeness (QED) is 0.226. The summed E-state index contributed by atoms with van der Waals surface area (Å²) in [6.45, 7) is 2.27. The van der Waals surface area contributed by atoms with E-state index in [1.54, 1.807) is 0 Å². The molecule has 0 bridgehead atoms. The lowest BCUT2D eigenvalue weighted by molar-refractivity contribution is 0.794. The minimum atomic E-state index is -0.295. The van der Waals surface area contributed by atoms with Crippen LogP contribution in [-0.4, -0.2) is 0 Å². The van der Waals surface area contributed by atoms with Crippen molar-refractivity contribution in [3.8, 4) is 22.3 Å². The molecule has 0 heteroatoms. The Kier molecular flexibility index (Phi) is 3.36. The van der Waals surface area contributed by atoms with Crippen LogP contribution in [0, 0.1) is 6.92 Å². The second-order valence-electron chi connectivity index (χ2n) is 9.71. The fraction of sp³-hybridized carbons (Fsp3) is 0.0588. The molecule has 34 heavy (non-hydrogen) atoms. The molecule has 158 valence electrons. The number of hydrogen-bond donors (Lipinski definition) is 0. The Bertz CT molecular complexity index is 1770. The summed E-state index contributed by atoms with van der Waals surface area (Å²) in [6.07, 6.45) is 0. The van der Waals surface area contributed by atoms with Crippen molar-refractivity contribution in [1.29, 1.82) is 0 Å². The van der Waals surface area contributed by atoms with Crippen LogP contribution in [0.3, 0.4) is 0 Å². The third kappa shape index (κ3) is 1.97. The minimum Gasteiger partial charge on any atom is -0.0619 e. The van der Waals surface area contributed by atoms with Gasteiger partial charge in [0.1, 0.15) is 0 Å². The van der Waals surface area contributed by atoms with Crippen LogP contribution < -0.4 is 0 Å². The average molecular weight is 431 g/mol. The average Bonchev–Trinajstić information content (AvgIpc) is 3.36. The molecule has 6 aromatic carbocycles. The molecule has 0 atom stereocenters. The normalized spacial score (nSPS) is 14.3. The van der Waals surface area contributed by atoms with E-state index in [0.717, 1.165) is 0 Å². The van der Waals surface area contributed by atoms with Crippen molar-refractivity contribution in [3.63, 3.8) is 0 Å². The van der Waals surface area contributed by atoms with Crippen molar-refractivity contribution in [1.82, 2.24) is 0 Å². The van der Waals surface area contributed by atoms with Crippen molar-refractivity contribution in [2.24, 2.45) is 0 Å². The summed E-state index contributed by atoms with van der Waals surface area (Å²) in [5.74, 6) is 0. The maximum atomic E-state index is 2.48. The highest BCUT2D eigenvalue weighted by Crippen LogP contribution is 2.64. The van der Waals surface area contributed by atoms with E-state index < -0.39 is 0 Å². The van der Waals surface area contributed by atoms with Crippen LogP contribution in [0.15, 0.2) is 115 Å². The summed E-state index contributed by atoms with van der Waals surface area (Å²) in [4.78, 5) is 0. The molecular formula is C34H22. The second kappa shape index (κ2) is 6.24. The molecule has 0 N–H and O–H groups in total. The van der Waals surface area contributed by atoms with Gasteiger partial charge < -0.3 is 0 Å². The third-order valence-electron chi connectivity index (χ3n) is 8.19. The standard InChI is InChI=1S/C34H22/c1-21-20-31-33(27-15-5-4-11-23(21)27)32-24-12-3-2-10-22(24)18-19-30(32)34(31)28-16-8-6-13-25(28)26-14-7-9-17-29(26)34/h2-20H,1H3. The molecule has 6 aromatic rings. The van der Waals surface area contributed by atoms with Gasteiger partial charge >= 0.3 is 0 Å². The van der Waals surface area contributed by atoms with Crippen LogP contribution in [0.5, 0.6) is 0 Å². The lowest BCUT2D eigenvalue weighted by Gasteiger charge is -2.31. The number of benzene rings is 6. The summed E-state index contributed by atoms with van der Waals surface area (Å²) in [5, 5.41) is 5.34. The number of hydrogen-bond acceptors (Lipinski definition) is 0. The van der Waals surface area contributed by atoms with E-state index in [9.17, 15) is 0 Å². The van der Waals surface area contributed by atoms with Crippen LogP contribution in [0.4, 0.5) is 0 Å². The number of aryl methyl sites for hydroxylation is 1. The van der Waals surface area contributed by atoms with Gasteiger partial charge in [-0.3, -0.25) is 0 Å². The van der Waals surface area contributed by atoms with Gasteiger partial charge in [0.15, 0.2) is 0 Å². The molecule has 0 fully saturated rings. The van der Waals surface area contributed by atoms with Crippen molar-refractivity contribution in [2.45, 2.75) is 12.3 Å². The van der Waals surface area contributed by atoms with Gasteiger partial charge in [-0.05, 0) is 78.5 Å². The van der Waals surface area contributed by atoms with Crippen molar-refractivity contribution in [2.75, 3.05) is 0 Å². The Balaban J connectivity index is 1.69. The Morgan fingerprint density at radius 3 is 1.74 bits per heavy atom. The smallest absolute Gasteiger partial charge is 0.0619 e. The highest BCUT2D eigenvalue weighted by atomic mass is 14.5. The SMILES string of the molecule is Cc1cc2c(c3ccccc13)-c1c(ccc3ccccc13)C21c2ccccc2-c2ccccc21. The highest BCUT2D eigenvalue weighted by Gasteiger charge is 2.52. The van der Waals surface area contributed by atoms with Crippen LogP contribution in [0.25, 0.3) is 43.8 Å².